The molecule has 2 atom stereocenters. The van der Waals surface area contributed by atoms with Crippen LogP contribution in [-0.2, 0) is 14.3 Å². The van der Waals surface area contributed by atoms with E-state index in [1.54, 1.807) is 0 Å². The first-order valence-electron chi connectivity index (χ1n) is 8.11. The van der Waals surface area contributed by atoms with Crippen LogP contribution in [0.4, 0.5) is 5.69 Å². The van der Waals surface area contributed by atoms with Crippen molar-refractivity contribution in [1.29, 1.82) is 0 Å². The van der Waals surface area contributed by atoms with E-state index in [4.69, 9.17) is 4.74 Å². The third kappa shape index (κ3) is 4.36. The molecule has 6 nitrogen and oxygen atoms in total. The van der Waals surface area contributed by atoms with Crippen LogP contribution in [0, 0.1) is 6.92 Å². The number of hydrogen-bond donors (Lipinski definition) is 2. The molecule has 7 heteroatoms. The highest BCUT2D eigenvalue weighted by molar-refractivity contribution is 8.15. The lowest BCUT2D eigenvalue weighted by atomic mass is 10.2. The number of ether oxygens (including phenoxy) is 1. The number of aliphatic imine (C=N–C) groups is 1. The Morgan fingerprint density at radius 1 is 1.46 bits per heavy atom. The van der Waals surface area contributed by atoms with E-state index in [1.807, 2.05) is 31.2 Å². The molecule has 0 radical (unpaired) electrons. The van der Waals surface area contributed by atoms with Gasteiger partial charge in [-0.25, -0.2) is 0 Å². The van der Waals surface area contributed by atoms with Gasteiger partial charge in [-0.05, 0) is 31.4 Å². The molecule has 2 fully saturated rings. The Morgan fingerprint density at radius 3 is 3.04 bits per heavy atom. The summed E-state index contributed by atoms with van der Waals surface area (Å²) in [5.74, 6) is -0.330. The van der Waals surface area contributed by atoms with Crippen LogP contribution in [0.2, 0.25) is 0 Å². The van der Waals surface area contributed by atoms with Gasteiger partial charge in [0.15, 0.2) is 5.17 Å². The third-order valence-electron chi connectivity index (χ3n) is 4.03. The van der Waals surface area contributed by atoms with Crippen LogP contribution in [0.25, 0.3) is 0 Å². The minimum Gasteiger partial charge on any atom is -0.376 e. The fraction of sp³-hybridized carbons (Fsp3) is 0.471. The van der Waals surface area contributed by atoms with Gasteiger partial charge in [0, 0.05) is 18.7 Å². The molecule has 3 rings (SSSR count). The molecule has 0 aromatic heterocycles. The number of benzene rings is 1. The maximum atomic E-state index is 12.2. The maximum Gasteiger partial charge on any atom is 0.240 e. The van der Waals surface area contributed by atoms with Gasteiger partial charge in [0.25, 0.3) is 0 Å². The van der Waals surface area contributed by atoms with Gasteiger partial charge in [-0.1, -0.05) is 30.0 Å². The summed E-state index contributed by atoms with van der Waals surface area (Å²) < 4.78 is 5.52. The van der Waals surface area contributed by atoms with Crippen molar-refractivity contribution < 1.29 is 14.3 Å². The van der Waals surface area contributed by atoms with E-state index >= 15 is 0 Å². The number of rotatable bonds is 5. The zero-order valence-electron chi connectivity index (χ0n) is 13.6. The topological polar surface area (TPSA) is 79.8 Å². The van der Waals surface area contributed by atoms with Crippen molar-refractivity contribution in [3.63, 3.8) is 0 Å². The summed E-state index contributed by atoms with van der Waals surface area (Å²) in [6, 6.07) is 7.57. The van der Waals surface area contributed by atoms with E-state index in [-0.39, 0.29) is 24.3 Å². The molecule has 2 amide bonds. The molecule has 2 aliphatic rings. The molecule has 0 unspecified atom stereocenters. The van der Waals surface area contributed by atoms with Gasteiger partial charge in [-0.3, -0.25) is 14.6 Å². The number of carbonyl (C=O) groups is 2. The molecule has 2 heterocycles. The molecule has 2 aliphatic heterocycles. The minimum absolute atomic E-state index is 0.129. The van der Waals surface area contributed by atoms with Gasteiger partial charge < -0.3 is 15.4 Å². The number of carbonyl (C=O) groups excluding carboxylic acids is 2. The van der Waals surface area contributed by atoms with Crippen LogP contribution in [0.15, 0.2) is 29.3 Å². The third-order valence-corrected chi connectivity index (χ3v) is 5.15. The van der Waals surface area contributed by atoms with Crippen molar-refractivity contribution >= 4 is 34.4 Å². The Kier molecular flexibility index (Phi) is 5.52. The van der Waals surface area contributed by atoms with Crippen molar-refractivity contribution in [2.45, 2.75) is 37.5 Å². The van der Waals surface area contributed by atoms with Crippen LogP contribution in [0.5, 0.6) is 0 Å². The van der Waals surface area contributed by atoms with Crippen molar-refractivity contribution in [1.82, 2.24) is 5.32 Å². The molecule has 0 spiro atoms. The normalized spacial score (nSPS) is 25.0. The highest BCUT2D eigenvalue weighted by Crippen LogP contribution is 2.24. The Balaban J connectivity index is 1.51. The van der Waals surface area contributed by atoms with E-state index in [2.05, 4.69) is 15.6 Å². The van der Waals surface area contributed by atoms with Crippen LogP contribution >= 0.6 is 11.8 Å². The number of para-hydroxylation sites is 1. The Labute approximate surface area is 145 Å². The van der Waals surface area contributed by atoms with Crippen molar-refractivity contribution in [2.75, 3.05) is 18.5 Å². The van der Waals surface area contributed by atoms with E-state index in [1.165, 1.54) is 11.8 Å². The largest absolute Gasteiger partial charge is 0.376 e. The number of thioether (sulfide) groups is 1. The lowest BCUT2D eigenvalue weighted by molar-refractivity contribution is -0.122. The Morgan fingerprint density at radius 2 is 2.29 bits per heavy atom. The average Bonchev–Trinajstić information content (AvgIpc) is 3.18. The van der Waals surface area contributed by atoms with Crippen LogP contribution in [0.1, 0.15) is 24.8 Å². The SMILES string of the molecule is Cc1ccccc1NC(=O)C[C@@H]1SC(=NC[C@H]2CCCO2)NC1=O. The van der Waals surface area contributed by atoms with Gasteiger partial charge >= 0.3 is 0 Å². The quantitative estimate of drug-likeness (QED) is 0.855. The van der Waals surface area contributed by atoms with Gasteiger partial charge in [-0.2, -0.15) is 0 Å². The van der Waals surface area contributed by atoms with Crippen molar-refractivity contribution in [3.05, 3.63) is 29.8 Å². The molecular formula is C17H21N3O3S. The molecule has 2 N–H and O–H groups in total. The number of nitrogens with one attached hydrogen (secondary N) is 2. The number of nitrogens with zero attached hydrogens (tertiary/aromatic N) is 1. The zero-order valence-corrected chi connectivity index (χ0v) is 14.4. The van der Waals surface area contributed by atoms with E-state index in [0.29, 0.717) is 11.7 Å². The average molecular weight is 347 g/mol. The predicted octanol–water partition coefficient (Wildman–Crippen LogP) is 2.09. The molecule has 0 saturated carbocycles. The summed E-state index contributed by atoms with van der Waals surface area (Å²) >= 11 is 1.32. The highest BCUT2D eigenvalue weighted by Gasteiger charge is 2.32. The Bertz CT molecular complexity index is 656. The first-order chi connectivity index (χ1) is 11.6. The van der Waals surface area contributed by atoms with Gasteiger partial charge in [0.2, 0.25) is 11.8 Å². The Hall–Kier alpha value is -1.86. The van der Waals surface area contributed by atoms with Gasteiger partial charge in [0.1, 0.15) is 5.25 Å². The summed E-state index contributed by atoms with van der Waals surface area (Å²) in [5.41, 5.74) is 1.77. The number of anilines is 1. The van der Waals surface area contributed by atoms with Gasteiger partial charge in [-0.15, -0.1) is 0 Å². The lowest BCUT2D eigenvalue weighted by Gasteiger charge is -2.09. The fourth-order valence-corrected chi connectivity index (χ4v) is 3.65. The highest BCUT2D eigenvalue weighted by atomic mass is 32.2. The molecule has 1 aromatic rings. The summed E-state index contributed by atoms with van der Waals surface area (Å²) in [7, 11) is 0. The van der Waals surface area contributed by atoms with Crippen LogP contribution in [-0.4, -0.2) is 41.5 Å². The monoisotopic (exact) mass is 347 g/mol. The summed E-state index contributed by atoms with van der Waals surface area (Å²) in [6.07, 6.45) is 2.36. The second kappa shape index (κ2) is 7.81. The minimum atomic E-state index is -0.433. The van der Waals surface area contributed by atoms with Crippen molar-refractivity contribution in [3.8, 4) is 0 Å². The number of amides is 2. The number of hydrogen-bond acceptors (Lipinski definition) is 5. The van der Waals surface area contributed by atoms with Crippen molar-refractivity contribution in [2.24, 2.45) is 4.99 Å². The molecule has 128 valence electrons. The smallest absolute Gasteiger partial charge is 0.240 e. The van der Waals surface area contributed by atoms with E-state index in [9.17, 15) is 9.59 Å². The second-order valence-electron chi connectivity index (χ2n) is 5.94. The molecule has 0 aliphatic carbocycles. The fourth-order valence-electron chi connectivity index (χ4n) is 2.67. The first-order valence-corrected chi connectivity index (χ1v) is 8.99. The second-order valence-corrected chi connectivity index (χ2v) is 7.14. The standard InChI is InChI=1S/C17H21N3O3S/c1-11-5-2-3-7-13(11)19-15(21)9-14-16(22)20-17(24-14)18-10-12-6-4-8-23-12/h2-3,5,7,12,14H,4,6,8-10H2,1H3,(H,19,21)(H,18,20,22)/t12-,14+/m1/s1. The zero-order chi connectivity index (χ0) is 16.9. The molecule has 2 saturated heterocycles. The molecule has 24 heavy (non-hydrogen) atoms. The van der Waals surface area contributed by atoms with Crippen LogP contribution < -0.4 is 10.6 Å². The van der Waals surface area contributed by atoms with Crippen LogP contribution in [0.3, 0.4) is 0 Å². The maximum absolute atomic E-state index is 12.2. The molecule has 1 aromatic carbocycles. The van der Waals surface area contributed by atoms with E-state index < -0.39 is 5.25 Å². The first kappa shape index (κ1) is 17.0. The lowest BCUT2D eigenvalue weighted by Crippen LogP contribution is -2.28. The number of amidine groups is 1. The predicted molar refractivity (Wildman–Crippen MR) is 95.2 cm³/mol. The summed E-state index contributed by atoms with van der Waals surface area (Å²) in [5, 5.41) is 5.76. The van der Waals surface area contributed by atoms with Gasteiger partial charge in [0.05, 0.1) is 12.6 Å². The van der Waals surface area contributed by atoms with E-state index in [0.717, 1.165) is 30.7 Å². The molecular weight excluding hydrogens is 326 g/mol. The summed E-state index contributed by atoms with van der Waals surface area (Å²) in [4.78, 5) is 28.6. The summed E-state index contributed by atoms with van der Waals surface area (Å²) in [6.45, 7) is 3.28. The molecule has 0 bridgehead atoms. The number of aryl methyl sites for hydroxylation is 1.